The van der Waals surface area contributed by atoms with Crippen LogP contribution in [0.5, 0.6) is 0 Å². The van der Waals surface area contributed by atoms with Gasteiger partial charge in [0.1, 0.15) is 5.78 Å². The van der Waals surface area contributed by atoms with E-state index in [-0.39, 0.29) is 0 Å². The first-order chi connectivity index (χ1) is 3.84. The van der Waals surface area contributed by atoms with Gasteiger partial charge in [-0.05, 0) is 0 Å². The molecule has 0 bridgehead atoms. The van der Waals surface area contributed by atoms with Crippen molar-refractivity contribution in [3.05, 3.63) is 6.42 Å². The summed E-state index contributed by atoms with van der Waals surface area (Å²) in [4.78, 5) is 10.7. The molecule has 1 rings (SSSR count). The number of ketones is 1. The number of hydrogen-bond acceptors (Lipinski definition) is 2. The van der Waals surface area contributed by atoms with Crippen LogP contribution in [-0.4, -0.2) is 17.3 Å². The van der Waals surface area contributed by atoms with Gasteiger partial charge in [-0.2, -0.15) is 11.8 Å². The van der Waals surface area contributed by atoms with E-state index in [4.69, 9.17) is 0 Å². The average molecular weight is 129 g/mol. The molecule has 1 radical (unpaired) electrons. The lowest BCUT2D eigenvalue weighted by Crippen LogP contribution is -2.26. The topological polar surface area (TPSA) is 17.1 Å². The first-order valence-electron chi connectivity index (χ1n) is 2.75. The molecule has 1 saturated heterocycles. The molecule has 2 heteroatoms. The van der Waals surface area contributed by atoms with Crippen LogP contribution in [0.3, 0.4) is 0 Å². The molecule has 1 nitrogen and oxygen atoms in total. The molecule has 0 spiro atoms. The fourth-order valence-electron chi connectivity index (χ4n) is 0.636. The zero-order valence-electron chi connectivity index (χ0n) is 4.89. The third-order valence-corrected chi connectivity index (χ3v) is 2.60. The summed E-state index contributed by atoms with van der Waals surface area (Å²) in [6.45, 7) is 1.81. The summed E-state index contributed by atoms with van der Waals surface area (Å²) in [5.74, 6) is 2.78. The van der Waals surface area contributed by atoms with Crippen LogP contribution in [0.1, 0.15) is 6.92 Å². The van der Waals surface area contributed by atoms with Crippen molar-refractivity contribution >= 4 is 17.5 Å². The predicted molar refractivity (Wildman–Crippen MR) is 35.8 cm³/mol. The first kappa shape index (κ1) is 6.14. The molecule has 0 atom stereocenters. The Morgan fingerprint density at radius 3 is 2.50 bits per heavy atom. The average Bonchev–Trinajstić information content (AvgIpc) is 1.62. The molecule has 0 aliphatic carbocycles. The van der Waals surface area contributed by atoms with E-state index in [9.17, 15) is 4.79 Å². The summed E-state index contributed by atoms with van der Waals surface area (Å²) in [6.07, 6.45) is 1.67. The highest BCUT2D eigenvalue weighted by Crippen LogP contribution is 2.25. The van der Waals surface area contributed by atoms with Crippen LogP contribution in [0.2, 0.25) is 0 Å². The number of rotatable bonds is 2. The highest BCUT2D eigenvalue weighted by atomic mass is 32.2. The molecule has 1 aliphatic rings. The van der Waals surface area contributed by atoms with Crippen LogP contribution in [0.15, 0.2) is 0 Å². The molecule has 8 heavy (non-hydrogen) atoms. The Labute approximate surface area is 53.8 Å². The quantitative estimate of drug-likeness (QED) is 0.556. The van der Waals surface area contributed by atoms with Crippen LogP contribution >= 0.6 is 11.8 Å². The van der Waals surface area contributed by atoms with E-state index in [1.165, 1.54) is 0 Å². The van der Waals surface area contributed by atoms with E-state index in [1.54, 1.807) is 6.42 Å². The Morgan fingerprint density at radius 2 is 2.38 bits per heavy atom. The maximum atomic E-state index is 10.7. The van der Waals surface area contributed by atoms with Crippen molar-refractivity contribution < 1.29 is 4.79 Å². The van der Waals surface area contributed by atoms with Gasteiger partial charge in [0.25, 0.3) is 0 Å². The van der Waals surface area contributed by atoms with Crippen LogP contribution in [0, 0.1) is 12.3 Å². The molecule has 1 fully saturated rings. The molecule has 0 amide bonds. The Kier molecular flexibility index (Phi) is 1.95. The lowest BCUT2D eigenvalue weighted by molar-refractivity contribution is -0.118. The molecule has 0 N–H and O–H groups in total. The zero-order chi connectivity index (χ0) is 5.98. The Morgan fingerprint density at radius 1 is 1.75 bits per heavy atom. The van der Waals surface area contributed by atoms with Crippen molar-refractivity contribution in [1.82, 2.24) is 0 Å². The van der Waals surface area contributed by atoms with Gasteiger partial charge in [-0.3, -0.25) is 4.79 Å². The lowest BCUT2D eigenvalue weighted by Gasteiger charge is -2.22. The highest BCUT2D eigenvalue weighted by Gasteiger charge is 2.23. The standard InChI is InChI=1S/C6H9OS/c1-2-6(7)5-3-8-4-5/h2,5H,3-4H2,1H3. The maximum absolute atomic E-state index is 10.7. The van der Waals surface area contributed by atoms with Crippen molar-refractivity contribution in [1.29, 1.82) is 0 Å². The molecule has 45 valence electrons. The SMILES string of the molecule is C[CH]C(=O)C1CSC1. The normalized spacial score (nSPS) is 20.1. The molecule has 0 saturated carbocycles. The minimum Gasteiger partial charge on any atom is -0.299 e. The van der Waals surface area contributed by atoms with E-state index >= 15 is 0 Å². The second-order valence-corrected chi connectivity index (χ2v) is 3.00. The summed E-state index contributed by atoms with van der Waals surface area (Å²) in [5.41, 5.74) is 0. The van der Waals surface area contributed by atoms with Gasteiger partial charge in [-0.25, -0.2) is 0 Å². The first-order valence-corrected chi connectivity index (χ1v) is 3.91. The molecule has 0 unspecified atom stereocenters. The van der Waals surface area contributed by atoms with Crippen molar-refractivity contribution in [2.75, 3.05) is 11.5 Å². The maximum Gasteiger partial charge on any atom is 0.141 e. The van der Waals surface area contributed by atoms with E-state index < -0.39 is 0 Å². The summed E-state index contributed by atoms with van der Waals surface area (Å²) in [5, 5.41) is 0. The fourth-order valence-corrected chi connectivity index (χ4v) is 1.44. The van der Waals surface area contributed by atoms with E-state index in [2.05, 4.69) is 0 Å². The molecule has 1 heterocycles. The summed E-state index contributed by atoms with van der Waals surface area (Å²) in [7, 11) is 0. The van der Waals surface area contributed by atoms with Gasteiger partial charge in [-0.1, -0.05) is 6.92 Å². The third kappa shape index (κ3) is 1.05. The number of Topliss-reactive ketones (excluding diaryl/α,β-unsaturated/α-hetero) is 1. The van der Waals surface area contributed by atoms with Gasteiger partial charge in [0, 0.05) is 23.8 Å². The van der Waals surface area contributed by atoms with Crippen LogP contribution in [-0.2, 0) is 4.79 Å². The monoisotopic (exact) mass is 129 g/mol. The van der Waals surface area contributed by atoms with Crippen LogP contribution < -0.4 is 0 Å². The summed E-state index contributed by atoms with van der Waals surface area (Å²) < 4.78 is 0. The second kappa shape index (κ2) is 2.53. The van der Waals surface area contributed by atoms with E-state index in [0.717, 1.165) is 11.5 Å². The summed E-state index contributed by atoms with van der Waals surface area (Å²) >= 11 is 1.85. The number of hydrogen-bond donors (Lipinski definition) is 0. The van der Waals surface area contributed by atoms with Gasteiger partial charge in [0.15, 0.2) is 0 Å². The van der Waals surface area contributed by atoms with Crippen molar-refractivity contribution in [2.24, 2.45) is 5.92 Å². The van der Waals surface area contributed by atoms with E-state index in [0.29, 0.717) is 11.7 Å². The van der Waals surface area contributed by atoms with Crippen molar-refractivity contribution in [2.45, 2.75) is 6.92 Å². The number of carbonyl (C=O) groups is 1. The Balaban J connectivity index is 2.24. The number of thioether (sulfide) groups is 1. The second-order valence-electron chi connectivity index (χ2n) is 1.93. The van der Waals surface area contributed by atoms with Crippen LogP contribution in [0.25, 0.3) is 0 Å². The Bertz CT molecular complexity index is 96.7. The largest absolute Gasteiger partial charge is 0.299 e. The predicted octanol–water partition coefficient (Wildman–Crippen LogP) is 1.14. The zero-order valence-corrected chi connectivity index (χ0v) is 5.70. The molecule has 0 aromatic rings. The molecular formula is C6H9OS. The summed E-state index contributed by atoms with van der Waals surface area (Å²) in [6, 6.07) is 0. The van der Waals surface area contributed by atoms with E-state index in [1.807, 2.05) is 18.7 Å². The smallest absolute Gasteiger partial charge is 0.141 e. The molecule has 0 aromatic carbocycles. The third-order valence-electron chi connectivity index (χ3n) is 1.32. The Hall–Kier alpha value is 0.0200. The van der Waals surface area contributed by atoms with Crippen LogP contribution in [0.4, 0.5) is 0 Å². The molecule has 0 aromatic heterocycles. The fraction of sp³-hybridized carbons (Fsp3) is 0.667. The molecular weight excluding hydrogens is 120 g/mol. The minimum absolute atomic E-state index is 0.323. The van der Waals surface area contributed by atoms with Crippen molar-refractivity contribution in [3.8, 4) is 0 Å². The molecule has 1 aliphatic heterocycles. The highest BCUT2D eigenvalue weighted by molar-refractivity contribution is 8.00. The lowest BCUT2D eigenvalue weighted by atomic mass is 10.1. The van der Waals surface area contributed by atoms with Gasteiger partial charge in [0.05, 0.1) is 0 Å². The van der Waals surface area contributed by atoms with Gasteiger partial charge < -0.3 is 0 Å². The van der Waals surface area contributed by atoms with Crippen molar-refractivity contribution in [3.63, 3.8) is 0 Å². The van der Waals surface area contributed by atoms with Gasteiger partial charge >= 0.3 is 0 Å². The van der Waals surface area contributed by atoms with Gasteiger partial charge in [0.2, 0.25) is 0 Å². The minimum atomic E-state index is 0.323. The van der Waals surface area contributed by atoms with Gasteiger partial charge in [-0.15, -0.1) is 0 Å². The number of carbonyl (C=O) groups excluding carboxylic acids is 1.